The Morgan fingerprint density at radius 1 is 0.609 bits per heavy atom. The lowest BCUT2D eigenvalue weighted by molar-refractivity contribution is -0.162. The van der Waals surface area contributed by atoms with Crippen molar-refractivity contribution in [2.75, 3.05) is 19.8 Å². The zero-order valence-electron chi connectivity index (χ0n) is 31.6. The van der Waals surface area contributed by atoms with Crippen molar-refractivity contribution in [3.8, 4) is 0 Å². The van der Waals surface area contributed by atoms with Crippen LogP contribution < -0.4 is 0 Å². The fourth-order valence-electron chi connectivity index (χ4n) is 4.76. The van der Waals surface area contributed by atoms with E-state index in [1.54, 1.807) is 26.0 Å². The molecule has 46 heavy (non-hydrogen) atoms. The van der Waals surface area contributed by atoms with Gasteiger partial charge in [-0.25, -0.2) is 9.59 Å². The molecule has 0 aliphatic carbocycles. The smallest absolute Gasteiger partial charge is 0.330 e. The number of carbonyl (C=O) groups is 4. The molecular formula is C36H66O10. The first-order chi connectivity index (χ1) is 20.8. The Kier molecular flexibility index (Phi) is 23.6. The quantitative estimate of drug-likeness (QED) is 0.114. The molecular weight excluding hydrogens is 592 g/mol. The molecule has 0 amide bonds. The lowest BCUT2D eigenvalue weighted by Crippen LogP contribution is -2.41. The highest BCUT2D eigenvalue weighted by molar-refractivity contribution is 5.82. The van der Waals surface area contributed by atoms with Crippen LogP contribution in [0.1, 0.15) is 111 Å². The molecule has 0 saturated carbocycles. The summed E-state index contributed by atoms with van der Waals surface area (Å²) in [6, 6.07) is 0. The topological polar surface area (TPSA) is 146 Å². The number of carbonyl (C=O) groups excluding carboxylic acids is 4. The Balaban J connectivity index is -0.000000630. The first-order valence-electron chi connectivity index (χ1n) is 16.0. The van der Waals surface area contributed by atoms with Gasteiger partial charge in [-0.3, -0.25) is 9.59 Å². The molecule has 0 aromatic rings. The Bertz CT molecular complexity index is 956. The van der Waals surface area contributed by atoms with E-state index in [1.807, 2.05) is 83.1 Å². The van der Waals surface area contributed by atoms with Crippen LogP contribution in [0.4, 0.5) is 0 Å². The third kappa shape index (κ3) is 21.1. The van der Waals surface area contributed by atoms with Crippen LogP contribution in [0.3, 0.4) is 0 Å². The highest BCUT2D eigenvalue weighted by Crippen LogP contribution is 2.31. The van der Waals surface area contributed by atoms with Crippen LogP contribution in [0, 0.1) is 34.0 Å². The summed E-state index contributed by atoms with van der Waals surface area (Å²) in [7, 11) is 0. The van der Waals surface area contributed by atoms with Crippen LogP contribution >= 0.6 is 0 Å². The van der Waals surface area contributed by atoms with E-state index in [0.29, 0.717) is 0 Å². The number of aliphatic hydroxyl groups excluding tert-OH is 2. The third-order valence-corrected chi connectivity index (χ3v) is 6.97. The molecule has 3 atom stereocenters. The van der Waals surface area contributed by atoms with E-state index in [4.69, 9.17) is 24.1 Å². The van der Waals surface area contributed by atoms with Gasteiger partial charge in [0.25, 0.3) is 0 Å². The summed E-state index contributed by atoms with van der Waals surface area (Å²) >= 11 is 0. The largest absolute Gasteiger partial charge is 0.465 e. The van der Waals surface area contributed by atoms with Crippen LogP contribution in [0.25, 0.3) is 0 Å². The average Bonchev–Trinajstić information content (AvgIpc) is 2.92. The molecule has 0 rings (SSSR count). The molecule has 2 N–H and O–H groups in total. The fourth-order valence-corrected chi connectivity index (χ4v) is 4.76. The second-order valence-corrected chi connectivity index (χ2v) is 14.6. The standard InChI is InChI=1S/2C14H24O4.C8H18O2/c1-7-8-12(16)17-9-14(5,6)13(10(2)3)18-11(4)15;1-7-8-12(16)18-13(10(2)3)14(5,6)9-17-11(4)15;1-6(2)7(10)8(3,4)5-9/h2*7-8,10,13H,9H2,1-6H3;6-7,9-10H,5H2,1-4H3/b2*8-7+;. The summed E-state index contributed by atoms with van der Waals surface area (Å²) in [4.78, 5) is 44.8. The Morgan fingerprint density at radius 3 is 1.30 bits per heavy atom. The molecule has 0 aliphatic heterocycles. The molecule has 0 bridgehead atoms. The predicted octanol–water partition coefficient (Wildman–Crippen LogP) is 6.46. The van der Waals surface area contributed by atoms with Crippen molar-refractivity contribution in [1.82, 2.24) is 0 Å². The zero-order valence-corrected chi connectivity index (χ0v) is 31.6. The van der Waals surface area contributed by atoms with E-state index in [2.05, 4.69) is 0 Å². The molecule has 10 nitrogen and oxygen atoms in total. The van der Waals surface area contributed by atoms with Crippen molar-refractivity contribution in [1.29, 1.82) is 0 Å². The van der Waals surface area contributed by atoms with Gasteiger partial charge in [-0.15, -0.1) is 0 Å². The summed E-state index contributed by atoms with van der Waals surface area (Å²) in [6.45, 7) is 29.9. The molecule has 0 fully saturated rings. The maximum Gasteiger partial charge on any atom is 0.330 e. The summed E-state index contributed by atoms with van der Waals surface area (Å²) < 4.78 is 20.9. The SMILES string of the molecule is C/C=C/C(=O)OC(C(C)C)C(C)(C)COC(C)=O.C/C=C/C(=O)OCC(C)(C)C(OC(C)=O)C(C)C.CC(C)C(O)C(C)(C)CO. The van der Waals surface area contributed by atoms with Crippen molar-refractivity contribution in [2.24, 2.45) is 34.0 Å². The zero-order chi connectivity index (χ0) is 37.1. The van der Waals surface area contributed by atoms with Crippen LogP contribution in [0.2, 0.25) is 0 Å². The van der Waals surface area contributed by atoms with Crippen molar-refractivity contribution in [3.63, 3.8) is 0 Å². The van der Waals surface area contributed by atoms with Gasteiger partial charge in [0.2, 0.25) is 0 Å². The number of hydrogen-bond acceptors (Lipinski definition) is 10. The second-order valence-electron chi connectivity index (χ2n) is 14.6. The minimum absolute atomic E-state index is 0.0341. The van der Waals surface area contributed by atoms with E-state index < -0.39 is 16.9 Å². The van der Waals surface area contributed by atoms with Gasteiger partial charge in [-0.2, -0.15) is 0 Å². The fraction of sp³-hybridized carbons (Fsp3) is 0.778. The van der Waals surface area contributed by atoms with E-state index in [9.17, 15) is 24.3 Å². The maximum atomic E-state index is 11.5. The molecule has 0 aliphatic rings. The van der Waals surface area contributed by atoms with Crippen molar-refractivity contribution in [3.05, 3.63) is 24.3 Å². The minimum atomic E-state index is -0.420. The molecule has 270 valence electrons. The lowest BCUT2D eigenvalue weighted by Gasteiger charge is -2.35. The highest BCUT2D eigenvalue weighted by Gasteiger charge is 2.37. The van der Waals surface area contributed by atoms with E-state index in [1.165, 1.54) is 26.0 Å². The first-order valence-corrected chi connectivity index (χ1v) is 16.0. The van der Waals surface area contributed by atoms with E-state index in [0.717, 1.165) is 0 Å². The molecule has 0 aromatic carbocycles. The van der Waals surface area contributed by atoms with Gasteiger partial charge in [0.15, 0.2) is 0 Å². The van der Waals surface area contributed by atoms with Crippen molar-refractivity contribution >= 4 is 23.9 Å². The molecule has 0 heterocycles. The van der Waals surface area contributed by atoms with Gasteiger partial charge in [-0.1, -0.05) is 95.2 Å². The molecule has 0 aromatic heterocycles. The van der Waals surface area contributed by atoms with Gasteiger partial charge in [-0.05, 0) is 31.6 Å². The number of hydrogen-bond donors (Lipinski definition) is 2. The predicted molar refractivity (Wildman–Crippen MR) is 182 cm³/mol. The van der Waals surface area contributed by atoms with Crippen molar-refractivity contribution < 1.29 is 48.3 Å². The molecule has 0 saturated heterocycles. The average molecular weight is 659 g/mol. The Hall–Kier alpha value is -2.72. The summed E-state index contributed by atoms with van der Waals surface area (Å²) in [5.41, 5.74) is -1.21. The summed E-state index contributed by atoms with van der Waals surface area (Å²) in [6.07, 6.45) is 5.01. The number of esters is 4. The molecule has 10 heteroatoms. The van der Waals surface area contributed by atoms with Gasteiger partial charge in [0.05, 0.1) is 19.3 Å². The minimum Gasteiger partial charge on any atom is -0.465 e. The number of aliphatic hydroxyl groups is 2. The van der Waals surface area contributed by atoms with Crippen LogP contribution in [0.5, 0.6) is 0 Å². The van der Waals surface area contributed by atoms with Gasteiger partial charge in [0.1, 0.15) is 18.8 Å². The normalized spacial score (nSPS) is 14.2. The highest BCUT2D eigenvalue weighted by atomic mass is 16.6. The number of ether oxygens (including phenoxy) is 4. The van der Waals surface area contributed by atoms with Gasteiger partial charge >= 0.3 is 23.9 Å². The second kappa shape index (κ2) is 22.7. The maximum absolute atomic E-state index is 11.5. The third-order valence-electron chi connectivity index (χ3n) is 6.97. The first kappa shape index (κ1) is 47.7. The van der Waals surface area contributed by atoms with Crippen molar-refractivity contribution in [2.45, 2.75) is 129 Å². The number of rotatable bonds is 15. The monoisotopic (exact) mass is 658 g/mol. The van der Waals surface area contributed by atoms with Crippen LogP contribution in [0.15, 0.2) is 24.3 Å². The van der Waals surface area contributed by atoms with E-state index in [-0.39, 0.29) is 79.1 Å². The Labute approximate surface area is 279 Å². The molecule has 3 unspecified atom stereocenters. The molecule has 0 radical (unpaired) electrons. The summed E-state index contributed by atoms with van der Waals surface area (Å²) in [5, 5.41) is 18.3. The van der Waals surface area contributed by atoms with Crippen LogP contribution in [-0.4, -0.2) is 72.2 Å². The Morgan fingerprint density at radius 2 is 1.00 bits per heavy atom. The van der Waals surface area contributed by atoms with Gasteiger partial charge < -0.3 is 29.2 Å². The summed E-state index contributed by atoms with van der Waals surface area (Å²) in [5.74, 6) is -0.883. The van der Waals surface area contributed by atoms with Crippen LogP contribution in [-0.2, 0) is 38.1 Å². The molecule has 0 spiro atoms. The number of allylic oxidation sites excluding steroid dienone is 2. The lowest BCUT2D eigenvalue weighted by atomic mass is 9.81. The van der Waals surface area contributed by atoms with Gasteiger partial charge in [0, 0.05) is 42.2 Å². The van der Waals surface area contributed by atoms with E-state index >= 15 is 0 Å².